The summed E-state index contributed by atoms with van der Waals surface area (Å²) in [6.45, 7) is 1.79. The van der Waals surface area contributed by atoms with Gasteiger partial charge < -0.3 is 9.15 Å². The molecule has 0 amide bonds. The van der Waals surface area contributed by atoms with E-state index in [1.165, 1.54) is 0 Å². The lowest BCUT2D eigenvalue weighted by Gasteiger charge is -2.17. The summed E-state index contributed by atoms with van der Waals surface area (Å²) in [7, 11) is 1.62. The number of rotatable bonds is 8. The Morgan fingerprint density at radius 2 is 1.78 bits per heavy atom. The molecule has 0 saturated carbocycles. The fraction of sp³-hybridized carbons (Fsp3) is 0.353. The second-order valence-corrected chi connectivity index (χ2v) is 4.96. The monoisotopic (exact) mass is 310 g/mol. The quantitative estimate of drug-likeness (QED) is 0.745. The van der Waals surface area contributed by atoms with Crippen molar-refractivity contribution < 1.29 is 9.15 Å². The van der Waals surface area contributed by atoms with E-state index < -0.39 is 0 Å². The zero-order valence-electron chi connectivity index (χ0n) is 13.0. The fourth-order valence-corrected chi connectivity index (χ4v) is 2.16. The normalized spacial score (nSPS) is 10.3. The van der Waals surface area contributed by atoms with Crippen LogP contribution in [-0.4, -0.2) is 30.1 Å². The molecule has 23 heavy (non-hydrogen) atoms. The van der Waals surface area contributed by atoms with Gasteiger partial charge in [0.1, 0.15) is 12.0 Å². The minimum absolute atomic E-state index is 0.425. The van der Waals surface area contributed by atoms with Crippen molar-refractivity contribution in [3.05, 3.63) is 36.2 Å². The van der Waals surface area contributed by atoms with E-state index >= 15 is 0 Å². The van der Waals surface area contributed by atoms with Crippen LogP contribution in [0.25, 0.3) is 11.5 Å². The molecule has 0 aliphatic heterocycles. The summed E-state index contributed by atoms with van der Waals surface area (Å²) in [4.78, 5) is 6.51. The highest BCUT2D eigenvalue weighted by molar-refractivity contribution is 5.54. The molecule has 1 aromatic carbocycles. The summed E-state index contributed by atoms with van der Waals surface area (Å²) < 4.78 is 10.7. The van der Waals surface area contributed by atoms with Gasteiger partial charge in [-0.15, -0.1) is 0 Å². The van der Waals surface area contributed by atoms with Gasteiger partial charge in [-0.2, -0.15) is 10.5 Å². The number of benzene rings is 1. The van der Waals surface area contributed by atoms with E-state index in [4.69, 9.17) is 19.7 Å². The van der Waals surface area contributed by atoms with Crippen LogP contribution in [0.2, 0.25) is 0 Å². The van der Waals surface area contributed by atoms with Gasteiger partial charge in [-0.25, -0.2) is 4.98 Å². The standard InChI is InChI=1S/C17H18N4O2/c1-22-16-6-4-14(5-7-16)17-20-15(13-23-17)12-21(10-2-8-18)11-3-9-19/h4-7,13H,2-3,10-12H2,1H3. The third-order valence-electron chi connectivity index (χ3n) is 3.35. The molecule has 0 aliphatic carbocycles. The van der Waals surface area contributed by atoms with Crippen LogP contribution in [0.15, 0.2) is 34.9 Å². The van der Waals surface area contributed by atoms with E-state index in [0.717, 1.165) is 17.0 Å². The van der Waals surface area contributed by atoms with Gasteiger partial charge in [-0.3, -0.25) is 4.90 Å². The zero-order valence-corrected chi connectivity index (χ0v) is 13.0. The molecular weight excluding hydrogens is 292 g/mol. The van der Waals surface area contributed by atoms with Gasteiger partial charge in [0.15, 0.2) is 0 Å². The predicted octanol–water partition coefficient (Wildman–Crippen LogP) is 2.98. The Balaban J connectivity index is 2.04. The average molecular weight is 310 g/mol. The number of methoxy groups -OCH3 is 1. The van der Waals surface area contributed by atoms with Crippen LogP contribution in [-0.2, 0) is 6.54 Å². The topological polar surface area (TPSA) is 86.1 Å². The molecule has 2 aromatic rings. The summed E-state index contributed by atoms with van der Waals surface area (Å²) in [5.41, 5.74) is 1.66. The van der Waals surface area contributed by atoms with Crippen molar-refractivity contribution in [2.24, 2.45) is 0 Å². The second kappa shape index (κ2) is 8.57. The molecule has 2 rings (SSSR count). The Bertz CT molecular complexity index is 677. The summed E-state index contributed by atoms with van der Waals surface area (Å²) in [6.07, 6.45) is 2.47. The number of nitriles is 2. The van der Waals surface area contributed by atoms with Crippen molar-refractivity contribution in [2.45, 2.75) is 19.4 Å². The highest BCUT2D eigenvalue weighted by Gasteiger charge is 2.11. The van der Waals surface area contributed by atoms with E-state index in [-0.39, 0.29) is 0 Å². The van der Waals surface area contributed by atoms with Crippen molar-refractivity contribution in [3.8, 4) is 29.3 Å². The highest BCUT2D eigenvalue weighted by Crippen LogP contribution is 2.22. The Hall–Kier alpha value is -2.83. The number of hydrogen-bond acceptors (Lipinski definition) is 6. The van der Waals surface area contributed by atoms with Crippen LogP contribution in [0.4, 0.5) is 0 Å². The van der Waals surface area contributed by atoms with Gasteiger partial charge in [0.25, 0.3) is 0 Å². The Morgan fingerprint density at radius 1 is 1.13 bits per heavy atom. The molecule has 0 saturated heterocycles. The van der Waals surface area contributed by atoms with E-state index in [2.05, 4.69) is 17.1 Å². The second-order valence-electron chi connectivity index (χ2n) is 4.96. The Morgan fingerprint density at radius 3 is 2.35 bits per heavy atom. The summed E-state index contributed by atoms with van der Waals surface area (Å²) in [6, 6.07) is 11.7. The van der Waals surface area contributed by atoms with Gasteiger partial charge in [0.05, 0.1) is 24.9 Å². The van der Waals surface area contributed by atoms with E-state index in [1.807, 2.05) is 29.2 Å². The molecule has 6 heteroatoms. The lowest BCUT2D eigenvalue weighted by atomic mass is 10.2. The van der Waals surface area contributed by atoms with Crippen molar-refractivity contribution in [3.63, 3.8) is 0 Å². The van der Waals surface area contributed by atoms with Crippen LogP contribution in [0, 0.1) is 22.7 Å². The number of ether oxygens (including phenoxy) is 1. The van der Waals surface area contributed by atoms with E-state index in [9.17, 15) is 0 Å². The highest BCUT2D eigenvalue weighted by atomic mass is 16.5. The lowest BCUT2D eigenvalue weighted by molar-refractivity contribution is 0.274. The first-order valence-electron chi connectivity index (χ1n) is 7.32. The maximum Gasteiger partial charge on any atom is 0.226 e. The van der Waals surface area contributed by atoms with Crippen LogP contribution in [0.1, 0.15) is 18.5 Å². The summed E-state index contributed by atoms with van der Waals surface area (Å²) in [5, 5.41) is 17.4. The van der Waals surface area contributed by atoms with Gasteiger partial charge in [0, 0.05) is 38.0 Å². The first-order chi connectivity index (χ1) is 11.3. The largest absolute Gasteiger partial charge is 0.497 e. The average Bonchev–Trinajstić information content (AvgIpc) is 3.06. The summed E-state index contributed by atoms with van der Waals surface area (Å²) in [5.74, 6) is 1.32. The molecule has 0 radical (unpaired) electrons. The van der Waals surface area contributed by atoms with Gasteiger partial charge in [-0.05, 0) is 24.3 Å². The molecule has 0 fully saturated rings. The molecule has 6 nitrogen and oxygen atoms in total. The smallest absolute Gasteiger partial charge is 0.226 e. The van der Waals surface area contributed by atoms with Crippen molar-refractivity contribution in [1.29, 1.82) is 10.5 Å². The molecule has 0 unspecified atom stereocenters. The van der Waals surface area contributed by atoms with Crippen LogP contribution in [0.3, 0.4) is 0 Å². The molecule has 1 aromatic heterocycles. The third kappa shape index (κ3) is 4.84. The van der Waals surface area contributed by atoms with Crippen molar-refractivity contribution in [2.75, 3.05) is 20.2 Å². The molecular formula is C17H18N4O2. The Labute approximate surface area is 135 Å². The predicted molar refractivity (Wildman–Crippen MR) is 84.2 cm³/mol. The van der Waals surface area contributed by atoms with Crippen LogP contribution < -0.4 is 4.74 Å². The number of hydrogen-bond donors (Lipinski definition) is 0. The minimum Gasteiger partial charge on any atom is -0.497 e. The van der Waals surface area contributed by atoms with E-state index in [0.29, 0.717) is 38.4 Å². The van der Waals surface area contributed by atoms with Crippen molar-refractivity contribution in [1.82, 2.24) is 9.88 Å². The summed E-state index contributed by atoms with van der Waals surface area (Å²) >= 11 is 0. The Kier molecular flexibility index (Phi) is 6.17. The lowest BCUT2D eigenvalue weighted by Crippen LogP contribution is -2.25. The number of nitrogens with zero attached hydrogens (tertiary/aromatic N) is 4. The van der Waals surface area contributed by atoms with Crippen LogP contribution >= 0.6 is 0 Å². The van der Waals surface area contributed by atoms with Crippen molar-refractivity contribution >= 4 is 0 Å². The molecule has 0 spiro atoms. The molecule has 0 N–H and O–H groups in total. The third-order valence-corrected chi connectivity index (χ3v) is 3.35. The molecule has 118 valence electrons. The molecule has 0 atom stereocenters. The molecule has 0 bridgehead atoms. The van der Waals surface area contributed by atoms with Crippen LogP contribution in [0.5, 0.6) is 5.75 Å². The number of aromatic nitrogens is 1. The first-order valence-corrected chi connectivity index (χ1v) is 7.32. The first kappa shape index (κ1) is 16.5. The van der Waals surface area contributed by atoms with Gasteiger partial charge in [0.2, 0.25) is 5.89 Å². The molecule has 0 aliphatic rings. The maximum absolute atomic E-state index is 8.72. The SMILES string of the molecule is COc1ccc(-c2nc(CN(CCC#N)CCC#N)co2)cc1. The molecule has 1 heterocycles. The number of oxazole rings is 1. The fourth-order valence-electron chi connectivity index (χ4n) is 2.16. The van der Waals surface area contributed by atoms with Gasteiger partial charge >= 0.3 is 0 Å². The minimum atomic E-state index is 0.425. The zero-order chi connectivity index (χ0) is 16.5. The maximum atomic E-state index is 8.72. The van der Waals surface area contributed by atoms with E-state index in [1.54, 1.807) is 13.4 Å². The van der Waals surface area contributed by atoms with Gasteiger partial charge in [-0.1, -0.05) is 0 Å².